The van der Waals surface area contributed by atoms with Crippen LogP contribution in [0.5, 0.6) is 0 Å². The quantitative estimate of drug-likeness (QED) is 0.808. The van der Waals surface area contributed by atoms with Gasteiger partial charge in [-0.05, 0) is 44.7 Å². The van der Waals surface area contributed by atoms with Crippen molar-refractivity contribution < 1.29 is 17.4 Å². The third kappa shape index (κ3) is 3.28. The summed E-state index contributed by atoms with van der Waals surface area (Å²) in [6.45, 7) is 7.63. The van der Waals surface area contributed by atoms with Crippen LogP contribution >= 0.6 is 0 Å². The minimum absolute atomic E-state index is 0.00811. The van der Waals surface area contributed by atoms with Crippen molar-refractivity contribution in [2.75, 3.05) is 6.61 Å². The molecule has 0 saturated carbocycles. The molecule has 2 rings (SSSR count). The predicted molar refractivity (Wildman–Crippen MR) is 88.5 cm³/mol. The molecule has 0 spiro atoms. The minimum Gasteiger partial charge on any atom is -0.349 e. The fourth-order valence-electron chi connectivity index (χ4n) is 3.28. The number of hydrogen-bond acceptors (Lipinski definition) is 4. The van der Waals surface area contributed by atoms with Crippen LogP contribution in [-0.2, 0) is 19.1 Å². The number of carbonyl (C=O) groups excluding carboxylic acids is 1. The highest BCUT2D eigenvalue weighted by Crippen LogP contribution is 2.44. The number of rotatable bonds is 6. The molecule has 0 aromatic heterocycles. The van der Waals surface area contributed by atoms with Crippen LogP contribution in [0, 0.1) is 12.3 Å². The van der Waals surface area contributed by atoms with E-state index in [1.54, 1.807) is 19.1 Å². The molecule has 1 aromatic rings. The van der Waals surface area contributed by atoms with Gasteiger partial charge in [0.15, 0.2) is 0 Å². The third-order valence-corrected chi connectivity index (χ3v) is 6.27. The molecule has 1 saturated heterocycles. The van der Waals surface area contributed by atoms with E-state index in [9.17, 15) is 13.2 Å². The maximum absolute atomic E-state index is 12.4. The first-order valence-corrected chi connectivity index (χ1v) is 9.51. The van der Waals surface area contributed by atoms with E-state index in [0.29, 0.717) is 12.0 Å². The molecule has 0 bridgehead atoms. The molecule has 5 nitrogen and oxygen atoms in total. The smallest absolute Gasteiger partial charge is 0.297 e. The van der Waals surface area contributed by atoms with E-state index in [0.717, 1.165) is 18.4 Å². The molecule has 1 aromatic carbocycles. The molecule has 128 valence electrons. The predicted octanol–water partition coefficient (Wildman–Crippen LogP) is 3.09. The van der Waals surface area contributed by atoms with Crippen molar-refractivity contribution in [2.45, 2.75) is 57.9 Å². The Hall–Kier alpha value is -1.40. The van der Waals surface area contributed by atoms with Crippen molar-refractivity contribution in [3.8, 4) is 0 Å². The van der Waals surface area contributed by atoms with Crippen molar-refractivity contribution in [1.82, 2.24) is 5.32 Å². The van der Waals surface area contributed by atoms with Gasteiger partial charge >= 0.3 is 0 Å². The molecule has 1 heterocycles. The fourth-order valence-corrected chi connectivity index (χ4v) is 4.44. The Morgan fingerprint density at radius 1 is 1.26 bits per heavy atom. The van der Waals surface area contributed by atoms with Gasteiger partial charge in [0, 0.05) is 0 Å². The molecule has 1 aliphatic rings. The summed E-state index contributed by atoms with van der Waals surface area (Å²) in [7, 11) is -3.81. The number of benzene rings is 1. The molecule has 0 radical (unpaired) electrons. The van der Waals surface area contributed by atoms with Crippen molar-refractivity contribution in [2.24, 2.45) is 5.41 Å². The molecule has 6 heteroatoms. The standard InChI is InChI=1S/C17H25NO4S/c1-5-17(6-2)11-14(18-16(17)19)13-10-12(4)8-9-15(13)23(20,21)22-7-3/h8-10,14H,5-7,11H2,1-4H3,(H,18,19)/t14-/m1/s1. The first kappa shape index (κ1) is 17.9. The number of amides is 1. The third-order valence-electron chi connectivity index (χ3n) is 4.82. The van der Waals surface area contributed by atoms with Gasteiger partial charge in [-0.15, -0.1) is 0 Å². The van der Waals surface area contributed by atoms with Crippen LogP contribution in [0.15, 0.2) is 23.1 Å². The van der Waals surface area contributed by atoms with Crippen molar-refractivity contribution in [3.05, 3.63) is 29.3 Å². The molecule has 1 N–H and O–H groups in total. The molecule has 1 fully saturated rings. The van der Waals surface area contributed by atoms with Gasteiger partial charge in [-0.3, -0.25) is 8.98 Å². The van der Waals surface area contributed by atoms with Gasteiger partial charge in [0.05, 0.1) is 23.0 Å². The normalized spacial score (nSPS) is 20.5. The Kier molecular flexibility index (Phi) is 5.16. The molecular weight excluding hydrogens is 314 g/mol. The lowest BCUT2D eigenvalue weighted by atomic mass is 9.79. The zero-order chi connectivity index (χ0) is 17.3. The zero-order valence-corrected chi connectivity index (χ0v) is 15.0. The summed E-state index contributed by atoms with van der Waals surface area (Å²) < 4.78 is 29.7. The monoisotopic (exact) mass is 339 g/mol. The first-order valence-electron chi connectivity index (χ1n) is 8.10. The Labute approximate surface area is 138 Å². The average molecular weight is 339 g/mol. The van der Waals surface area contributed by atoms with Crippen LogP contribution in [0.2, 0.25) is 0 Å². The lowest BCUT2D eigenvalue weighted by Gasteiger charge is -2.22. The van der Waals surface area contributed by atoms with Crippen molar-refractivity contribution in [1.29, 1.82) is 0 Å². The summed E-state index contributed by atoms with van der Waals surface area (Å²) in [6, 6.07) is 4.85. The molecule has 1 atom stereocenters. The van der Waals surface area contributed by atoms with E-state index in [-0.39, 0.29) is 23.5 Å². The molecule has 1 amide bonds. The summed E-state index contributed by atoms with van der Waals surface area (Å²) in [5, 5.41) is 2.99. The second-order valence-corrected chi connectivity index (χ2v) is 7.70. The molecular formula is C17H25NO4S. The van der Waals surface area contributed by atoms with E-state index in [4.69, 9.17) is 4.18 Å². The Bertz CT molecular complexity index is 693. The van der Waals surface area contributed by atoms with Crippen LogP contribution in [0.1, 0.15) is 57.2 Å². The maximum Gasteiger partial charge on any atom is 0.297 e. The van der Waals surface area contributed by atoms with Gasteiger partial charge in [0.1, 0.15) is 0 Å². The number of hydrogen-bond donors (Lipinski definition) is 1. The Morgan fingerprint density at radius 3 is 2.43 bits per heavy atom. The fraction of sp³-hybridized carbons (Fsp3) is 0.588. The van der Waals surface area contributed by atoms with Crippen molar-refractivity contribution >= 4 is 16.0 Å². The SMILES string of the molecule is CCOS(=O)(=O)c1ccc(C)cc1[C@H]1CC(CC)(CC)C(=O)N1. The number of carbonyl (C=O) groups is 1. The first-order chi connectivity index (χ1) is 10.8. The molecule has 1 aliphatic heterocycles. The summed E-state index contributed by atoms with van der Waals surface area (Å²) in [5.74, 6) is 0.00811. The van der Waals surface area contributed by atoms with Crippen LogP contribution in [0.4, 0.5) is 0 Å². The lowest BCUT2D eigenvalue weighted by Crippen LogP contribution is -2.30. The number of aryl methyl sites for hydroxylation is 1. The van der Waals surface area contributed by atoms with E-state index >= 15 is 0 Å². The van der Waals surface area contributed by atoms with Crippen molar-refractivity contribution in [3.63, 3.8) is 0 Å². The van der Waals surface area contributed by atoms with Crippen LogP contribution in [0.25, 0.3) is 0 Å². The van der Waals surface area contributed by atoms with Gasteiger partial charge in [-0.25, -0.2) is 0 Å². The number of nitrogens with one attached hydrogen (secondary N) is 1. The van der Waals surface area contributed by atoms with Gasteiger partial charge in [0.2, 0.25) is 5.91 Å². The second-order valence-electron chi connectivity index (χ2n) is 6.12. The maximum atomic E-state index is 12.4. The largest absolute Gasteiger partial charge is 0.349 e. The van der Waals surface area contributed by atoms with Gasteiger partial charge in [-0.2, -0.15) is 8.42 Å². The van der Waals surface area contributed by atoms with Gasteiger partial charge in [0.25, 0.3) is 10.1 Å². The highest BCUT2D eigenvalue weighted by atomic mass is 32.2. The highest BCUT2D eigenvalue weighted by molar-refractivity contribution is 7.86. The van der Waals surface area contributed by atoms with Crippen LogP contribution < -0.4 is 5.32 Å². The highest BCUT2D eigenvalue weighted by Gasteiger charge is 2.45. The van der Waals surface area contributed by atoms with Gasteiger partial charge in [-0.1, -0.05) is 31.5 Å². The van der Waals surface area contributed by atoms with E-state index in [2.05, 4.69) is 5.32 Å². The molecule has 0 unspecified atom stereocenters. The zero-order valence-electron chi connectivity index (χ0n) is 14.2. The van der Waals surface area contributed by atoms with E-state index < -0.39 is 15.5 Å². The molecule has 0 aliphatic carbocycles. The summed E-state index contributed by atoms with van der Waals surface area (Å²) in [5.41, 5.74) is 1.16. The van der Waals surface area contributed by atoms with Gasteiger partial charge < -0.3 is 5.32 Å². The van der Waals surface area contributed by atoms with Crippen LogP contribution in [0.3, 0.4) is 0 Å². The average Bonchev–Trinajstić information content (AvgIpc) is 2.84. The second kappa shape index (κ2) is 6.61. The summed E-state index contributed by atoms with van der Waals surface area (Å²) >= 11 is 0. The van der Waals surface area contributed by atoms with Crippen LogP contribution in [-0.4, -0.2) is 20.9 Å². The molecule has 23 heavy (non-hydrogen) atoms. The summed E-state index contributed by atoms with van der Waals surface area (Å²) in [6.07, 6.45) is 2.09. The lowest BCUT2D eigenvalue weighted by molar-refractivity contribution is -0.128. The minimum atomic E-state index is -3.81. The van der Waals surface area contributed by atoms with E-state index in [1.807, 2.05) is 26.8 Å². The Balaban J connectivity index is 2.49. The van der Waals surface area contributed by atoms with E-state index in [1.165, 1.54) is 0 Å². The summed E-state index contributed by atoms with van der Waals surface area (Å²) in [4.78, 5) is 12.6. The topological polar surface area (TPSA) is 72.5 Å². The Morgan fingerprint density at radius 2 is 1.91 bits per heavy atom.